The molecule has 0 saturated heterocycles. The predicted molar refractivity (Wildman–Crippen MR) is 38.4 cm³/mol. The smallest absolute Gasteiger partial charge is 0.255 e. The number of rotatable bonds is 2. The molecule has 1 N–H and O–H groups in total. The first kappa shape index (κ1) is 8.36. The maximum absolute atomic E-state index is 12.1. The Morgan fingerprint density at radius 3 is 2.22 bits per heavy atom. The van der Waals surface area contributed by atoms with Crippen LogP contribution in [0.1, 0.15) is 0 Å². The lowest BCUT2D eigenvalue weighted by Crippen LogP contribution is -1.80. The molecular weight excluding hydrogens is 189 g/mol. The van der Waals surface area contributed by atoms with E-state index in [1.807, 2.05) is 0 Å². The van der Waals surface area contributed by atoms with Crippen molar-refractivity contribution >= 4 is 22.6 Å². The van der Waals surface area contributed by atoms with E-state index in [0.29, 0.717) is 0 Å². The molecule has 4 heteroatoms. The van der Waals surface area contributed by atoms with E-state index >= 15 is 0 Å². The first-order chi connectivity index (χ1) is 4.09. The molecule has 0 heterocycles. The molecule has 50 valence electrons. The molecule has 0 aromatic carbocycles. The molecule has 0 aromatic rings. The number of allylic oxidation sites excluding steroid dienone is 1. The first-order valence-corrected chi connectivity index (χ1v) is 2.79. The lowest BCUT2D eigenvalue weighted by molar-refractivity contribution is 0.397. The second-order valence-electron chi connectivity index (χ2n) is 1.20. The van der Waals surface area contributed by atoms with Crippen LogP contribution in [0.2, 0.25) is 0 Å². The van der Waals surface area contributed by atoms with Gasteiger partial charge < -0.3 is 5.11 Å². The van der Waals surface area contributed by atoms with Crippen LogP contribution in [0.4, 0.5) is 4.39 Å². The van der Waals surface area contributed by atoms with Gasteiger partial charge in [0, 0.05) is 0 Å². The second kappa shape index (κ2) is 3.40. The quantitative estimate of drug-likeness (QED) is 0.311. The van der Waals surface area contributed by atoms with Gasteiger partial charge in [-0.25, -0.2) is 4.99 Å². The standard InChI is InChI=1S/C5H5BrFNO/c1-3(6)4(9)5(7)8-2/h9H,1-2H2/b5-4+. The Labute approximate surface area is 60.5 Å². The van der Waals surface area contributed by atoms with Crippen LogP contribution in [0.25, 0.3) is 0 Å². The Kier molecular flexibility index (Phi) is 3.16. The van der Waals surface area contributed by atoms with E-state index in [1.165, 1.54) is 0 Å². The molecule has 0 aliphatic heterocycles. The summed E-state index contributed by atoms with van der Waals surface area (Å²) in [6, 6.07) is 0. The van der Waals surface area contributed by atoms with Gasteiger partial charge in [-0.2, -0.15) is 4.39 Å². The third kappa shape index (κ3) is 2.41. The average molecular weight is 194 g/mol. The summed E-state index contributed by atoms with van der Waals surface area (Å²) in [4.78, 5) is 2.83. The number of nitrogens with zero attached hydrogens (tertiary/aromatic N) is 1. The zero-order valence-electron chi connectivity index (χ0n) is 4.56. The zero-order chi connectivity index (χ0) is 7.44. The third-order valence-corrected chi connectivity index (χ3v) is 0.967. The molecule has 0 aromatic heterocycles. The Morgan fingerprint density at radius 2 is 2.11 bits per heavy atom. The molecule has 0 fully saturated rings. The normalized spacial score (nSPS) is 12.2. The molecular formula is C5H5BrFNO. The van der Waals surface area contributed by atoms with Gasteiger partial charge in [-0.15, -0.1) is 0 Å². The van der Waals surface area contributed by atoms with Crippen molar-refractivity contribution < 1.29 is 9.50 Å². The van der Waals surface area contributed by atoms with Gasteiger partial charge in [0.2, 0.25) is 0 Å². The summed E-state index contributed by atoms with van der Waals surface area (Å²) >= 11 is 2.75. The van der Waals surface area contributed by atoms with E-state index in [4.69, 9.17) is 5.11 Å². The van der Waals surface area contributed by atoms with Crippen molar-refractivity contribution in [2.75, 3.05) is 0 Å². The number of aliphatic hydroxyl groups excluding tert-OH is 1. The van der Waals surface area contributed by atoms with E-state index in [-0.39, 0.29) is 4.48 Å². The molecule has 0 atom stereocenters. The molecule has 0 unspecified atom stereocenters. The van der Waals surface area contributed by atoms with Gasteiger partial charge in [-0.05, 0) is 22.6 Å². The SMILES string of the molecule is C=N/C(F)=C(/O)C(=C)Br. The summed E-state index contributed by atoms with van der Waals surface area (Å²) in [7, 11) is 0. The van der Waals surface area contributed by atoms with E-state index < -0.39 is 11.7 Å². The van der Waals surface area contributed by atoms with Crippen LogP contribution in [0.3, 0.4) is 0 Å². The predicted octanol–water partition coefficient (Wildman–Crippen LogP) is 2.29. The van der Waals surface area contributed by atoms with Gasteiger partial charge in [-0.3, -0.25) is 0 Å². The molecule has 0 radical (unpaired) electrons. The number of aliphatic hydroxyl groups is 1. The second-order valence-corrected chi connectivity index (χ2v) is 2.16. The van der Waals surface area contributed by atoms with Gasteiger partial charge in [0.1, 0.15) is 0 Å². The van der Waals surface area contributed by atoms with E-state index in [1.54, 1.807) is 0 Å². The first-order valence-electron chi connectivity index (χ1n) is 1.99. The summed E-state index contributed by atoms with van der Waals surface area (Å²) < 4.78 is 12.1. The Hall–Kier alpha value is -0.640. The van der Waals surface area contributed by atoms with Gasteiger partial charge >= 0.3 is 0 Å². The van der Waals surface area contributed by atoms with Gasteiger partial charge in [0.15, 0.2) is 5.76 Å². The Balaban J connectivity index is 4.47. The largest absolute Gasteiger partial charge is 0.503 e. The highest BCUT2D eigenvalue weighted by molar-refractivity contribution is 9.11. The maximum Gasteiger partial charge on any atom is 0.255 e. The van der Waals surface area contributed by atoms with Gasteiger partial charge in [0.05, 0.1) is 4.48 Å². The average Bonchev–Trinajstić information content (AvgIpc) is 1.84. The number of hydrogen-bond donors (Lipinski definition) is 1. The van der Waals surface area contributed by atoms with Crippen molar-refractivity contribution in [3.05, 3.63) is 22.8 Å². The summed E-state index contributed by atoms with van der Waals surface area (Å²) in [5.41, 5.74) is 0. The highest BCUT2D eigenvalue weighted by Crippen LogP contribution is 2.16. The van der Waals surface area contributed by atoms with Crippen molar-refractivity contribution in [2.24, 2.45) is 4.99 Å². The topological polar surface area (TPSA) is 32.6 Å². The molecule has 0 aliphatic rings. The van der Waals surface area contributed by atoms with Gasteiger partial charge in [0.25, 0.3) is 5.95 Å². The molecule has 0 amide bonds. The van der Waals surface area contributed by atoms with Crippen LogP contribution in [-0.4, -0.2) is 11.8 Å². The van der Waals surface area contributed by atoms with Crippen LogP contribution in [0.15, 0.2) is 27.8 Å². The minimum atomic E-state index is -1.03. The molecule has 9 heavy (non-hydrogen) atoms. The van der Waals surface area contributed by atoms with Crippen molar-refractivity contribution in [3.8, 4) is 0 Å². The Morgan fingerprint density at radius 1 is 1.67 bits per heavy atom. The summed E-state index contributed by atoms with van der Waals surface area (Å²) in [6.07, 6.45) is 0. The van der Waals surface area contributed by atoms with Crippen LogP contribution in [0, 0.1) is 0 Å². The number of halogens is 2. The summed E-state index contributed by atoms with van der Waals surface area (Å²) in [5.74, 6) is -1.65. The fourth-order valence-corrected chi connectivity index (χ4v) is 0.350. The molecule has 0 bridgehead atoms. The molecule has 2 nitrogen and oxygen atoms in total. The van der Waals surface area contributed by atoms with Crippen molar-refractivity contribution in [2.45, 2.75) is 0 Å². The maximum atomic E-state index is 12.1. The fourth-order valence-electron chi connectivity index (χ4n) is 0.187. The minimum Gasteiger partial charge on any atom is -0.503 e. The van der Waals surface area contributed by atoms with Crippen LogP contribution in [0.5, 0.6) is 0 Å². The van der Waals surface area contributed by atoms with Crippen LogP contribution < -0.4 is 0 Å². The molecule has 0 rings (SSSR count). The van der Waals surface area contributed by atoms with Gasteiger partial charge in [-0.1, -0.05) is 6.58 Å². The van der Waals surface area contributed by atoms with E-state index in [9.17, 15) is 4.39 Å². The van der Waals surface area contributed by atoms with Crippen molar-refractivity contribution in [3.63, 3.8) is 0 Å². The molecule has 0 spiro atoms. The monoisotopic (exact) mass is 193 g/mol. The lowest BCUT2D eigenvalue weighted by atomic mass is 10.5. The van der Waals surface area contributed by atoms with Crippen molar-refractivity contribution in [1.82, 2.24) is 0 Å². The minimum absolute atomic E-state index is 0.0485. The molecule has 0 aliphatic carbocycles. The highest BCUT2D eigenvalue weighted by atomic mass is 79.9. The van der Waals surface area contributed by atoms with Crippen LogP contribution in [-0.2, 0) is 0 Å². The summed E-state index contributed by atoms with van der Waals surface area (Å²) in [6.45, 7) is 6.06. The van der Waals surface area contributed by atoms with Crippen LogP contribution >= 0.6 is 15.9 Å². The fraction of sp³-hybridized carbons (Fsp3) is 0. The third-order valence-electron chi connectivity index (χ3n) is 0.591. The summed E-state index contributed by atoms with van der Waals surface area (Å²) in [5, 5.41) is 8.62. The highest BCUT2D eigenvalue weighted by Gasteiger charge is 2.02. The number of hydrogen-bond acceptors (Lipinski definition) is 2. The van der Waals surface area contributed by atoms with E-state index in [2.05, 4.69) is 34.2 Å². The Bertz CT molecular complexity index is 176. The zero-order valence-corrected chi connectivity index (χ0v) is 6.15. The number of aliphatic imine (C=N–C) groups is 1. The molecule has 0 saturated carbocycles. The lowest BCUT2D eigenvalue weighted by Gasteiger charge is -1.92. The van der Waals surface area contributed by atoms with Crippen molar-refractivity contribution in [1.29, 1.82) is 0 Å². The van der Waals surface area contributed by atoms with E-state index in [0.717, 1.165) is 0 Å².